The molecule has 0 saturated carbocycles. The van der Waals surface area contributed by atoms with Crippen LogP contribution in [0.1, 0.15) is 10.5 Å². The van der Waals surface area contributed by atoms with Crippen LogP contribution in [0.15, 0.2) is 23.7 Å². The first-order chi connectivity index (χ1) is 10.2. The zero-order valence-corrected chi connectivity index (χ0v) is 12.1. The summed E-state index contributed by atoms with van der Waals surface area (Å²) in [6, 6.07) is 2.99. The second-order valence-electron chi connectivity index (χ2n) is 4.57. The lowest BCUT2D eigenvalue weighted by Crippen LogP contribution is -2.43. The van der Waals surface area contributed by atoms with Gasteiger partial charge in [-0.05, 0) is 12.1 Å². The van der Waals surface area contributed by atoms with Gasteiger partial charge in [0, 0.05) is 37.8 Å². The highest BCUT2D eigenvalue weighted by molar-refractivity contribution is 7.14. The maximum absolute atomic E-state index is 12.0. The summed E-state index contributed by atoms with van der Waals surface area (Å²) in [6.07, 6.45) is 1.46. The summed E-state index contributed by atoms with van der Waals surface area (Å²) in [5.74, 6) is 0.255. The van der Waals surface area contributed by atoms with E-state index in [1.807, 2.05) is 5.38 Å². The molecule has 110 valence electrons. The number of nitrogens with one attached hydrogen (secondary N) is 2. The Kier molecular flexibility index (Phi) is 3.98. The first-order valence-corrected chi connectivity index (χ1v) is 7.48. The highest BCUT2D eigenvalue weighted by atomic mass is 32.1. The summed E-state index contributed by atoms with van der Waals surface area (Å²) < 4.78 is 0. The summed E-state index contributed by atoms with van der Waals surface area (Å²) in [5, 5.41) is 18.0. The maximum atomic E-state index is 12.0. The number of pyridine rings is 1. The number of aromatic hydroxyl groups is 1. The fourth-order valence-electron chi connectivity index (χ4n) is 2.09. The molecule has 3 heterocycles. The van der Waals surface area contributed by atoms with E-state index in [1.165, 1.54) is 23.6 Å². The number of piperazine rings is 1. The topological polar surface area (TPSA) is 90.4 Å². The lowest BCUT2D eigenvalue weighted by atomic mass is 10.3. The minimum atomic E-state index is -0.464. The van der Waals surface area contributed by atoms with E-state index in [4.69, 9.17) is 0 Å². The first-order valence-electron chi connectivity index (χ1n) is 6.60. The van der Waals surface area contributed by atoms with Crippen molar-refractivity contribution in [2.24, 2.45) is 0 Å². The van der Waals surface area contributed by atoms with Crippen LogP contribution in [0.2, 0.25) is 0 Å². The smallest absolute Gasteiger partial charge is 0.279 e. The van der Waals surface area contributed by atoms with Crippen molar-refractivity contribution in [3.63, 3.8) is 0 Å². The van der Waals surface area contributed by atoms with Gasteiger partial charge in [0.2, 0.25) is 0 Å². The van der Waals surface area contributed by atoms with E-state index in [2.05, 4.69) is 25.5 Å². The van der Waals surface area contributed by atoms with Gasteiger partial charge in [0.1, 0.15) is 11.6 Å². The molecule has 0 atom stereocenters. The second kappa shape index (κ2) is 6.06. The molecule has 8 heteroatoms. The number of nitrogens with zero attached hydrogens (tertiary/aromatic N) is 3. The Labute approximate surface area is 125 Å². The molecule has 0 bridgehead atoms. The van der Waals surface area contributed by atoms with Crippen LogP contribution in [0.3, 0.4) is 0 Å². The van der Waals surface area contributed by atoms with Gasteiger partial charge in [-0.25, -0.2) is 9.97 Å². The van der Waals surface area contributed by atoms with Crippen molar-refractivity contribution in [3.8, 4) is 5.75 Å². The average molecular weight is 305 g/mol. The van der Waals surface area contributed by atoms with Crippen LogP contribution in [0.5, 0.6) is 5.75 Å². The molecule has 7 nitrogen and oxygen atoms in total. The Morgan fingerprint density at radius 1 is 1.43 bits per heavy atom. The van der Waals surface area contributed by atoms with Crippen LogP contribution in [0, 0.1) is 0 Å². The van der Waals surface area contributed by atoms with Gasteiger partial charge in [-0.15, -0.1) is 11.3 Å². The monoisotopic (exact) mass is 305 g/mol. The molecule has 0 aromatic carbocycles. The molecule has 3 rings (SSSR count). The maximum Gasteiger partial charge on any atom is 0.279 e. The molecule has 0 radical (unpaired) electrons. The average Bonchev–Trinajstić information content (AvgIpc) is 2.97. The largest absolute Gasteiger partial charge is 0.505 e. The van der Waals surface area contributed by atoms with E-state index < -0.39 is 5.91 Å². The number of anilines is 2. The third-order valence-electron chi connectivity index (χ3n) is 3.16. The zero-order valence-electron chi connectivity index (χ0n) is 11.2. The first kappa shape index (κ1) is 13.8. The van der Waals surface area contributed by atoms with Crippen LogP contribution in [0.25, 0.3) is 0 Å². The fourth-order valence-corrected chi connectivity index (χ4v) is 2.81. The van der Waals surface area contributed by atoms with Gasteiger partial charge in [0.05, 0.1) is 0 Å². The standard InChI is InChI=1S/C13H15N5O2S/c19-9-2-1-3-15-11(9)12(20)17-13-16-10(8-21-13)18-6-4-14-5-7-18/h1-3,8,14,19H,4-7H2,(H,16,17,20). The minimum absolute atomic E-state index is 0.00331. The molecular formula is C13H15N5O2S. The molecule has 2 aromatic rings. The number of hydrogen-bond acceptors (Lipinski definition) is 7. The zero-order chi connectivity index (χ0) is 14.7. The molecule has 2 aromatic heterocycles. The van der Waals surface area contributed by atoms with Crippen molar-refractivity contribution < 1.29 is 9.90 Å². The highest BCUT2D eigenvalue weighted by Crippen LogP contribution is 2.24. The van der Waals surface area contributed by atoms with Crippen molar-refractivity contribution in [3.05, 3.63) is 29.4 Å². The van der Waals surface area contributed by atoms with Crippen molar-refractivity contribution in [1.82, 2.24) is 15.3 Å². The summed E-state index contributed by atoms with van der Waals surface area (Å²) in [7, 11) is 0. The lowest BCUT2D eigenvalue weighted by molar-refractivity contribution is 0.101. The van der Waals surface area contributed by atoms with E-state index in [0.29, 0.717) is 5.13 Å². The van der Waals surface area contributed by atoms with Crippen LogP contribution >= 0.6 is 11.3 Å². The Bertz CT molecular complexity index is 639. The number of carbonyl (C=O) groups is 1. The van der Waals surface area contributed by atoms with Crippen molar-refractivity contribution in [2.45, 2.75) is 0 Å². The van der Waals surface area contributed by atoms with Crippen molar-refractivity contribution in [1.29, 1.82) is 0 Å². The molecular weight excluding hydrogens is 290 g/mol. The molecule has 1 fully saturated rings. The van der Waals surface area contributed by atoms with Gasteiger partial charge in [-0.3, -0.25) is 10.1 Å². The summed E-state index contributed by atoms with van der Waals surface area (Å²) in [5.41, 5.74) is -0.00331. The van der Waals surface area contributed by atoms with E-state index in [1.54, 1.807) is 6.07 Å². The Morgan fingerprint density at radius 3 is 3.00 bits per heavy atom. The fraction of sp³-hybridized carbons (Fsp3) is 0.308. The number of aromatic nitrogens is 2. The van der Waals surface area contributed by atoms with Crippen LogP contribution < -0.4 is 15.5 Å². The molecule has 1 aliphatic heterocycles. The Morgan fingerprint density at radius 2 is 2.24 bits per heavy atom. The van der Waals surface area contributed by atoms with E-state index in [9.17, 15) is 9.90 Å². The third-order valence-corrected chi connectivity index (χ3v) is 3.90. The van der Waals surface area contributed by atoms with Gasteiger partial charge in [-0.2, -0.15) is 0 Å². The number of carbonyl (C=O) groups excluding carboxylic acids is 1. The second-order valence-corrected chi connectivity index (χ2v) is 5.43. The summed E-state index contributed by atoms with van der Waals surface area (Å²) in [6.45, 7) is 3.67. The molecule has 3 N–H and O–H groups in total. The number of thiazole rings is 1. The molecule has 21 heavy (non-hydrogen) atoms. The van der Waals surface area contributed by atoms with E-state index in [0.717, 1.165) is 32.0 Å². The Balaban J connectivity index is 1.69. The summed E-state index contributed by atoms with van der Waals surface area (Å²) >= 11 is 1.36. The van der Waals surface area contributed by atoms with Crippen molar-refractivity contribution in [2.75, 3.05) is 36.4 Å². The van der Waals surface area contributed by atoms with E-state index in [-0.39, 0.29) is 11.4 Å². The molecule has 0 unspecified atom stereocenters. The SMILES string of the molecule is O=C(Nc1nc(N2CCNCC2)cs1)c1ncccc1O. The van der Waals surface area contributed by atoms with E-state index >= 15 is 0 Å². The predicted octanol–water partition coefficient (Wildman–Crippen LogP) is 0.906. The Hall–Kier alpha value is -2.19. The highest BCUT2D eigenvalue weighted by Gasteiger charge is 2.17. The third kappa shape index (κ3) is 3.11. The molecule has 0 spiro atoms. The molecule has 1 amide bonds. The van der Waals surface area contributed by atoms with Crippen LogP contribution in [-0.4, -0.2) is 47.2 Å². The van der Waals surface area contributed by atoms with Crippen LogP contribution in [0.4, 0.5) is 10.9 Å². The number of rotatable bonds is 3. The number of hydrogen-bond donors (Lipinski definition) is 3. The minimum Gasteiger partial charge on any atom is -0.505 e. The van der Waals surface area contributed by atoms with Crippen molar-refractivity contribution >= 4 is 28.2 Å². The van der Waals surface area contributed by atoms with Gasteiger partial charge in [-0.1, -0.05) is 0 Å². The number of amides is 1. The normalized spacial score (nSPS) is 15.0. The van der Waals surface area contributed by atoms with Gasteiger partial charge >= 0.3 is 0 Å². The van der Waals surface area contributed by atoms with Crippen LogP contribution in [-0.2, 0) is 0 Å². The van der Waals surface area contributed by atoms with Gasteiger partial charge in [0.15, 0.2) is 10.8 Å². The molecule has 0 aliphatic carbocycles. The summed E-state index contributed by atoms with van der Waals surface area (Å²) in [4.78, 5) is 22.5. The predicted molar refractivity (Wildman–Crippen MR) is 81.1 cm³/mol. The van der Waals surface area contributed by atoms with Gasteiger partial charge < -0.3 is 15.3 Å². The van der Waals surface area contributed by atoms with Gasteiger partial charge in [0.25, 0.3) is 5.91 Å². The quantitative estimate of drug-likeness (QED) is 0.781. The molecule has 1 aliphatic rings. The lowest BCUT2D eigenvalue weighted by Gasteiger charge is -2.27. The molecule has 1 saturated heterocycles.